The van der Waals surface area contributed by atoms with Gasteiger partial charge in [0.25, 0.3) is 0 Å². The maximum atomic E-state index is 11.6. The molecule has 0 bridgehead atoms. The highest BCUT2D eigenvalue weighted by atomic mass is 35.5. The van der Waals surface area contributed by atoms with Gasteiger partial charge >= 0.3 is 0 Å². The van der Waals surface area contributed by atoms with Gasteiger partial charge in [-0.1, -0.05) is 13.8 Å². The van der Waals surface area contributed by atoms with Crippen molar-refractivity contribution in [2.45, 2.75) is 33.1 Å². The summed E-state index contributed by atoms with van der Waals surface area (Å²) in [4.78, 5) is 0. The van der Waals surface area contributed by atoms with Crippen LogP contribution in [-0.4, -0.2) is 33.8 Å². The molecule has 6 heteroatoms. The number of hydrogen-bond acceptors (Lipinski definition) is 3. The van der Waals surface area contributed by atoms with Crippen molar-refractivity contribution in [1.29, 1.82) is 0 Å². The average molecular weight is 285 g/mol. The third-order valence-corrected chi connectivity index (χ3v) is 4.42. The number of halogens is 1. The van der Waals surface area contributed by atoms with Crippen molar-refractivity contribution in [3.63, 3.8) is 0 Å². The lowest BCUT2D eigenvalue weighted by Crippen LogP contribution is -2.29. The van der Waals surface area contributed by atoms with Crippen molar-refractivity contribution in [3.05, 3.63) is 0 Å². The molecule has 17 heavy (non-hydrogen) atoms. The van der Waals surface area contributed by atoms with E-state index in [9.17, 15) is 8.42 Å². The van der Waals surface area contributed by atoms with Crippen LogP contribution in [0.25, 0.3) is 0 Å². The molecule has 1 atom stereocenters. The van der Waals surface area contributed by atoms with E-state index in [4.69, 9.17) is 0 Å². The van der Waals surface area contributed by atoms with Gasteiger partial charge in [0.15, 0.2) is 0 Å². The molecule has 0 spiro atoms. The first kappa shape index (κ1) is 17.2. The summed E-state index contributed by atoms with van der Waals surface area (Å²) in [6.45, 7) is 6.78. The average Bonchev–Trinajstić information content (AvgIpc) is 2.68. The van der Waals surface area contributed by atoms with Gasteiger partial charge in [0, 0.05) is 6.54 Å². The number of sulfonamides is 1. The molecule has 0 radical (unpaired) electrons. The number of nitrogens with one attached hydrogen (secondary N) is 2. The van der Waals surface area contributed by atoms with Gasteiger partial charge < -0.3 is 5.32 Å². The predicted octanol–water partition coefficient (Wildman–Crippen LogP) is 1.37. The smallest absolute Gasteiger partial charge is 0.211 e. The number of rotatable bonds is 7. The van der Waals surface area contributed by atoms with Crippen molar-refractivity contribution in [1.82, 2.24) is 10.0 Å². The first-order valence-electron chi connectivity index (χ1n) is 6.17. The molecule has 0 saturated carbocycles. The second-order valence-corrected chi connectivity index (χ2v) is 6.97. The van der Waals surface area contributed by atoms with Crippen LogP contribution in [0.1, 0.15) is 33.1 Å². The van der Waals surface area contributed by atoms with E-state index in [2.05, 4.69) is 10.0 Å². The van der Waals surface area contributed by atoms with E-state index in [1.807, 2.05) is 13.8 Å². The van der Waals surface area contributed by atoms with Gasteiger partial charge in [-0.2, -0.15) is 0 Å². The minimum absolute atomic E-state index is 0. The van der Waals surface area contributed by atoms with E-state index in [1.165, 1.54) is 6.42 Å². The maximum Gasteiger partial charge on any atom is 0.211 e. The Morgan fingerprint density at radius 1 is 1.41 bits per heavy atom. The first-order chi connectivity index (χ1) is 7.49. The van der Waals surface area contributed by atoms with Gasteiger partial charge in [-0.25, -0.2) is 13.1 Å². The molecule has 2 N–H and O–H groups in total. The van der Waals surface area contributed by atoms with Crippen molar-refractivity contribution in [2.75, 3.05) is 25.4 Å². The standard InChI is InChI=1S/C11H24N2O2S.ClH/c1-10(2)5-8-16(14,15)13-7-4-11-3-6-12-9-11;/h10-13H,3-9H2,1-2H3;1H. The highest BCUT2D eigenvalue weighted by molar-refractivity contribution is 7.89. The van der Waals surface area contributed by atoms with Gasteiger partial charge in [-0.3, -0.25) is 0 Å². The van der Waals surface area contributed by atoms with Crippen LogP contribution in [0.15, 0.2) is 0 Å². The summed E-state index contributed by atoms with van der Waals surface area (Å²) >= 11 is 0. The molecular formula is C11H25ClN2O2S. The summed E-state index contributed by atoms with van der Waals surface area (Å²) < 4.78 is 25.8. The summed E-state index contributed by atoms with van der Waals surface area (Å²) in [5.74, 6) is 1.34. The summed E-state index contributed by atoms with van der Waals surface area (Å²) in [6.07, 6.45) is 2.86. The Labute approximate surface area is 111 Å². The molecule has 0 aliphatic carbocycles. The molecule has 1 saturated heterocycles. The fraction of sp³-hybridized carbons (Fsp3) is 1.00. The Morgan fingerprint density at radius 3 is 2.65 bits per heavy atom. The Balaban J connectivity index is 0.00000256. The number of hydrogen-bond donors (Lipinski definition) is 2. The highest BCUT2D eigenvalue weighted by Gasteiger charge is 2.16. The minimum atomic E-state index is -3.04. The van der Waals surface area contributed by atoms with Crippen LogP contribution in [0.2, 0.25) is 0 Å². The molecule has 1 unspecified atom stereocenters. The molecule has 0 aromatic heterocycles. The van der Waals surface area contributed by atoms with Crippen molar-refractivity contribution < 1.29 is 8.42 Å². The van der Waals surface area contributed by atoms with E-state index in [1.54, 1.807) is 0 Å². The Hall–Kier alpha value is 0.160. The van der Waals surface area contributed by atoms with E-state index in [0.29, 0.717) is 18.4 Å². The van der Waals surface area contributed by atoms with Crippen LogP contribution in [0.3, 0.4) is 0 Å². The first-order valence-corrected chi connectivity index (χ1v) is 7.83. The van der Waals surface area contributed by atoms with Crippen LogP contribution >= 0.6 is 12.4 Å². The van der Waals surface area contributed by atoms with Gasteiger partial charge in [0.2, 0.25) is 10.0 Å². The van der Waals surface area contributed by atoms with Crippen LogP contribution in [0, 0.1) is 11.8 Å². The second kappa shape index (κ2) is 8.29. The predicted molar refractivity (Wildman–Crippen MR) is 74.1 cm³/mol. The zero-order valence-corrected chi connectivity index (χ0v) is 12.4. The molecule has 0 aromatic carbocycles. The van der Waals surface area contributed by atoms with Crippen molar-refractivity contribution in [3.8, 4) is 0 Å². The minimum Gasteiger partial charge on any atom is -0.316 e. The third kappa shape index (κ3) is 7.97. The molecule has 1 heterocycles. The molecule has 4 nitrogen and oxygen atoms in total. The molecule has 1 aliphatic heterocycles. The molecular weight excluding hydrogens is 260 g/mol. The Morgan fingerprint density at radius 2 is 2.12 bits per heavy atom. The van der Waals surface area contributed by atoms with Gasteiger partial charge in [-0.15, -0.1) is 12.4 Å². The van der Waals surface area contributed by atoms with Crippen LogP contribution in [-0.2, 0) is 10.0 Å². The third-order valence-electron chi connectivity index (χ3n) is 3.00. The highest BCUT2D eigenvalue weighted by Crippen LogP contribution is 2.11. The fourth-order valence-corrected chi connectivity index (χ4v) is 3.20. The molecule has 104 valence electrons. The SMILES string of the molecule is CC(C)CCS(=O)(=O)NCCC1CCNC1.Cl. The van der Waals surface area contributed by atoms with E-state index in [0.717, 1.165) is 25.9 Å². The Bertz CT molecular complexity index is 288. The summed E-state index contributed by atoms with van der Waals surface area (Å²) in [6, 6.07) is 0. The van der Waals surface area contributed by atoms with Crippen LogP contribution < -0.4 is 10.0 Å². The van der Waals surface area contributed by atoms with E-state index < -0.39 is 10.0 Å². The summed E-state index contributed by atoms with van der Waals surface area (Å²) in [5, 5.41) is 3.28. The van der Waals surface area contributed by atoms with Crippen molar-refractivity contribution >= 4 is 22.4 Å². The monoisotopic (exact) mass is 284 g/mol. The van der Waals surface area contributed by atoms with Crippen molar-refractivity contribution in [2.24, 2.45) is 11.8 Å². The van der Waals surface area contributed by atoms with Crippen LogP contribution in [0.5, 0.6) is 0 Å². The van der Waals surface area contributed by atoms with E-state index in [-0.39, 0.29) is 18.2 Å². The quantitative estimate of drug-likeness (QED) is 0.742. The van der Waals surface area contributed by atoms with Crippen LogP contribution in [0.4, 0.5) is 0 Å². The summed E-state index contributed by atoms with van der Waals surface area (Å²) in [5.41, 5.74) is 0. The second-order valence-electron chi connectivity index (χ2n) is 5.04. The normalized spacial score (nSPS) is 20.5. The lowest BCUT2D eigenvalue weighted by Gasteiger charge is -2.10. The van der Waals surface area contributed by atoms with Gasteiger partial charge in [-0.05, 0) is 44.2 Å². The topological polar surface area (TPSA) is 58.2 Å². The largest absolute Gasteiger partial charge is 0.316 e. The molecule has 1 aliphatic rings. The lowest BCUT2D eigenvalue weighted by molar-refractivity contribution is 0.516. The molecule has 0 aromatic rings. The molecule has 1 rings (SSSR count). The molecule has 1 fully saturated rings. The fourth-order valence-electron chi connectivity index (χ4n) is 1.84. The zero-order chi connectivity index (χ0) is 12.0. The van der Waals surface area contributed by atoms with E-state index >= 15 is 0 Å². The zero-order valence-electron chi connectivity index (χ0n) is 10.7. The molecule has 0 amide bonds. The van der Waals surface area contributed by atoms with Gasteiger partial charge in [0.05, 0.1) is 5.75 Å². The lowest BCUT2D eigenvalue weighted by atomic mass is 10.1. The van der Waals surface area contributed by atoms with Gasteiger partial charge in [0.1, 0.15) is 0 Å². The summed E-state index contributed by atoms with van der Waals surface area (Å²) in [7, 11) is -3.04. The maximum absolute atomic E-state index is 11.6. The Kier molecular flexibility index (Phi) is 8.37.